The number of halogens is 4. The molecule has 0 rings (SSSR count). The Morgan fingerprint density at radius 1 is 1.27 bits per heavy atom. The maximum atomic E-state index is 12.5. The van der Waals surface area contributed by atoms with Crippen molar-refractivity contribution in [1.29, 1.82) is 0 Å². The van der Waals surface area contributed by atoms with Crippen LogP contribution in [0, 0.1) is 0 Å². The van der Waals surface area contributed by atoms with Gasteiger partial charge in [0.15, 0.2) is 6.17 Å². The molecule has 0 nitrogen and oxygen atoms in total. The fraction of sp³-hybridized carbons (Fsp3) is 1.00. The summed E-state index contributed by atoms with van der Waals surface area (Å²) in [6.45, 7) is 2.30. The predicted molar refractivity (Wildman–Crippen MR) is 35.3 cm³/mol. The molecule has 0 bridgehead atoms. The van der Waals surface area contributed by atoms with E-state index in [-0.39, 0.29) is 6.42 Å². The van der Waals surface area contributed by atoms with E-state index in [0.29, 0.717) is 0 Å². The lowest BCUT2D eigenvalue weighted by Crippen LogP contribution is -2.35. The van der Waals surface area contributed by atoms with Crippen LogP contribution in [-0.2, 0) is 0 Å². The van der Waals surface area contributed by atoms with E-state index in [9.17, 15) is 17.6 Å². The van der Waals surface area contributed by atoms with Gasteiger partial charge in [0.2, 0.25) is 0 Å². The highest BCUT2D eigenvalue weighted by molar-refractivity contribution is 4.80. The number of alkyl halides is 4. The smallest absolute Gasteiger partial charge is 0.244 e. The molecular formula is C7H12F4. The van der Waals surface area contributed by atoms with Crippen molar-refractivity contribution in [3.05, 3.63) is 0 Å². The van der Waals surface area contributed by atoms with E-state index in [1.165, 1.54) is 6.92 Å². The fourth-order valence-corrected chi connectivity index (χ4v) is 0.807. The minimum Gasteiger partial charge on any atom is -0.244 e. The third-order valence-electron chi connectivity index (χ3n) is 1.39. The second-order valence-electron chi connectivity index (χ2n) is 2.59. The Labute approximate surface area is 63.6 Å². The number of rotatable bonds is 4. The van der Waals surface area contributed by atoms with Crippen LogP contribution in [0.1, 0.15) is 26.7 Å². The van der Waals surface area contributed by atoms with Crippen molar-refractivity contribution in [1.82, 2.24) is 0 Å². The van der Waals surface area contributed by atoms with E-state index in [0.717, 1.165) is 6.92 Å². The molecule has 0 fully saturated rings. The molecule has 0 aromatic heterocycles. The Kier molecular flexibility index (Phi) is 3.83. The lowest BCUT2D eigenvalue weighted by molar-refractivity contribution is -0.101. The number of hydrogen-bond acceptors (Lipinski definition) is 0. The zero-order valence-corrected chi connectivity index (χ0v) is 6.58. The average molecular weight is 172 g/mol. The van der Waals surface area contributed by atoms with Gasteiger partial charge in [0, 0.05) is 6.42 Å². The van der Waals surface area contributed by atoms with Crippen LogP contribution in [0.3, 0.4) is 0 Å². The standard InChI is InChI=1S/C7H12F4/c1-3-4-7(10,11)6(9)5(2)8/h5-6H,3-4H2,1-2H3. The van der Waals surface area contributed by atoms with Crippen LogP contribution >= 0.6 is 0 Å². The van der Waals surface area contributed by atoms with Crippen LogP contribution < -0.4 is 0 Å². The first-order chi connectivity index (χ1) is 4.91. The zero-order valence-electron chi connectivity index (χ0n) is 6.58. The SMILES string of the molecule is CCCC(F)(F)C(F)C(C)F. The molecule has 0 aliphatic rings. The third-order valence-corrected chi connectivity index (χ3v) is 1.39. The molecule has 2 atom stereocenters. The molecule has 0 aliphatic heterocycles. The summed E-state index contributed by atoms with van der Waals surface area (Å²) >= 11 is 0. The molecule has 0 heterocycles. The second kappa shape index (κ2) is 3.93. The molecule has 0 saturated carbocycles. The van der Waals surface area contributed by atoms with Crippen molar-refractivity contribution in [2.24, 2.45) is 0 Å². The van der Waals surface area contributed by atoms with Gasteiger partial charge in [-0.25, -0.2) is 17.6 Å². The minimum absolute atomic E-state index is 0.153. The van der Waals surface area contributed by atoms with Crippen LogP contribution in [0.2, 0.25) is 0 Å². The molecule has 2 unspecified atom stereocenters. The van der Waals surface area contributed by atoms with E-state index in [4.69, 9.17) is 0 Å². The van der Waals surface area contributed by atoms with Crippen molar-refractivity contribution in [3.63, 3.8) is 0 Å². The largest absolute Gasteiger partial charge is 0.281 e. The van der Waals surface area contributed by atoms with E-state index >= 15 is 0 Å². The highest BCUT2D eigenvalue weighted by Crippen LogP contribution is 2.29. The highest BCUT2D eigenvalue weighted by Gasteiger charge is 2.42. The summed E-state index contributed by atoms with van der Waals surface area (Å²) in [5.74, 6) is -3.51. The normalized spacial score (nSPS) is 18.0. The van der Waals surface area contributed by atoms with Crippen LogP contribution in [0.15, 0.2) is 0 Å². The molecule has 0 spiro atoms. The molecule has 0 radical (unpaired) electrons. The summed E-state index contributed by atoms with van der Waals surface area (Å²) in [7, 11) is 0. The summed E-state index contributed by atoms with van der Waals surface area (Å²) in [4.78, 5) is 0. The van der Waals surface area contributed by atoms with Gasteiger partial charge in [0.05, 0.1) is 0 Å². The van der Waals surface area contributed by atoms with E-state index in [2.05, 4.69) is 0 Å². The van der Waals surface area contributed by atoms with Gasteiger partial charge in [-0.15, -0.1) is 0 Å². The molecule has 68 valence electrons. The molecule has 0 N–H and O–H groups in total. The molecule has 0 saturated heterocycles. The van der Waals surface area contributed by atoms with Crippen LogP contribution in [0.25, 0.3) is 0 Å². The Morgan fingerprint density at radius 3 is 2.00 bits per heavy atom. The van der Waals surface area contributed by atoms with E-state index in [1.54, 1.807) is 0 Å². The quantitative estimate of drug-likeness (QED) is 0.571. The Hall–Kier alpha value is -0.280. The molecule has 0 aromatic rings. The summed E-state index contributed by atoms with van der Waals surface area (Å²) in [6.07, 6.45) is -5.21. The zero-order chi connectivity index (χ0) is 9.07. The topological polar surface area (TPSA) is 0 Å². The first kappa shape index (κ1) is 10.7. The Balaban J connectivity index is 4.05. The first-order valence-electron chi connectivity index (χ1n) is 3.57. The molecule has 0 amide bonds. The Bertz CT molecular complexity index is 111. The van der Waals surface area contributed by atoms with Gasteiger partial charge < -0.3 is 0 Å². The molecule has 0 aliphatic carbocycles. The third kappa shape index (κ3) is 3.08. The molecule has 0 aromatic carbocycles. The summed E-state index contributed by atoms with van der Waals surface area (Å²) in [6, 6.07) is 0. The van der Waals surface area contributed by atoms with Crippen molar-refractivity contribution < 1.29 is 17.6 Å². The predicted octanol–water partition coefficient (Wildman–Crippen LogP) is 3.12. The molecular weight excluding hydrogens is 160 g/mol. The summed E-state index contributed by atoms with van der Waals surface area (Å²) < 4.78 is 49.3. The summed E-state index contributed by atoms with van der Waals surface area (Å²) in [5.41, 5.74) is 0. The number of hydrogen-bond donors (Lipinski definition) is 0. The van der Waals surface area contributed by atoms with Gasteiger partial charge in [-0.05, 0) is 6.92 Å². The van der Waals surface area contributed by atoms with Gasteiger partial charge >= 0.3 is 0 Å². The van der Waals surface area contributed by atoms with Gasteiger partial charge in [-0.1, -0.05) is 13.3 Å². The molecule has 4 heteroatoms. The van der Waals surface area contributed by atoms with Crippen molar-refractivity contribution in [3.8, 4) is 0 Å². The highest BCUT2D eigenvalue weighted by atomic mass is 19.3. The molecule has 11 heavy (non-hydrogen) atoms. The lowest BCUT2D eigenvalue weighted by Gasteiger charge is -2.20. The second-order valence-corrected chi connectivity index (χ2v) is 2.59. The van der Waals surface area contributed by atoms with Crippen LogP contribution in [0.4, 0.5) is 17.6 Å². The van der Waals surface area contributed by atoms with Crippen LogP contribution in [-0.4, -0.2) is 18.3 Å². The maximum Gasteiger partial charge on any atom is 0.281 e. The van der Waals surface area contributed by atoms with Gasteiger partial charge in [-0.2, -0.15) is 0 Å². The minimum atomic E-state index is -3.51. The van der Waals surface area contributed by atoms with Crippen LogP contribution in [0.5, 0.6) is 0 Å². The average Bonchev–Trinajstić information content (AvgIpc) is 1.86. The van der Waals surface area contributed by atoms with Gasteiger partial charge in [0.1, 0.15) is 6.17 Å². The lowest BCUT2D eigenvalue weighted by atomic mass is 10.1. The van der Waals surface area contributed by atoms with Crippen molar-refractivity contribution in [2.45, 2.75) is 45.0 Å². The van der Waals surface area contributed by atoms with Crippen molar-refractivity contribution in [2.75, 3.05) is 0 Å². The Morgan fingerprint density at radius 2 is 1.73 bits per heavy atom. The van der Waals surface area contributed by atoms with Crippen molar-refractivity contribution >= 4 is 0 Å². The summed E-state index contributed by atoms with van der Waals surface area (Å²) in [5, 5.41) is 0. The first-order valence-corrected chi connectivity index (χ1v) is 3.57. The van der Waals surface area contributed by atoms with Gasteiger partial charge in [-0.3, -0.25) is 0 Å². The fourth-order valence-electron chi connectivity index (χ4n) is 0.807. The van der Waals surface area contributed by atoms with Gasteiger partial charge in [0.25, 0.3) is 5.92 Å². The van der Waals surface area contributed by atoms with E-state index < -0.39 is 24.7 Å². The maximum absolute atomic E-state index is 12.5. The van der Waals surface area contributed by atoms with E-state index in [1.807, 2.05) is 0 Å². The monoisotopic (exact) mass is 172 g/mol.